The Hall–Kier alpha value is -3.85. The smallest absolute Gasteiger partial charge is 0.254 e. The van der Waals surface area contributed by atoms with Gasteiger partial charge in [-0.1, -0.05) is 49.4 Å². The van der Waals surface area contributed by atoms with Crippen molar-refractivity contribution in [2.24, 2.45) is 0 Å². The molecule has 0 bridgehead atoms. The van der Waals surface area contributed by atoms with Gasteiger partial charge in [0.2, 0.25) is 10.0 Å². The fraction of sp³-hybridized carbons (Fsp3) is 0.154. The minimum absolute atomic E-state index is 0.0372. The van der Waals surface area contributed by atoms with E-state index in [2.05, 4.69) is 15.0 Å². The van der Waals surface area contributed by atoms with Crippen LogP contribution in [0.5, 0.6) is 0 Å². The third kappa shape index (κ3) is 5.46. The van der Waals surface area contributed by atoms with Crippen LogP contribution in [-0.4, -0.2) is 25.6 Å². The van der Waals surface area contributed by atoms with Crippen LogP contribution in [0.3, 0.4) is 0 Å². The number of halogens is 2. The Bertz CT molecular complexity index is 1520. The number of rotatable bonds is 7. The van der Waals surface area contributed by atoms with E-state index in [4.69, 9.17) is 0 Å². The van der Waals surface area contributed by atoms with Gasteiger partial charge >= 0.3 is 0 Å². The SMILES string of the molecule is CC[C@H](NC(=O)c1c(NS(C)(=O)=O)c(-c2cccc(F)c2)nc2ccccc12)c1cccc(F)c1. The van der Waals surface area contributed by atoms with Crippen LogP contribution < -0.4 is 10.0 Å². The van der Waals surface area contributed by atoms with Crippen molar-refractivity contribution < 1.29 is 22.0 Å². The normalized spacial score (nSPS) is 12.3. The average molecular weight is 496 g/mol. The molecule has 3 aromatic carbocycles. The first-order valence-corrected chi connectivity index (χ1v) is 12.8. The summed E-state index contributed by atoms with van der Waals surface area (Å²) in [6.45, 7) is 1.84. The van der Waals surface area contributed by atoms with Crippen molar-refractivity contribution in [2.45, 2.75) is 19.4 Å². The number of para-hydroxylation sites is 1. The van der Waals surface area contributed by atoms with Gasteiger partial charge in [0.15, 0.2) is 0 Å². The second-order valence-corrected chi connectivity index (χ2v) is 9.85. The summed E-state index contributed by atoms with van der Waals surface area (Å²) in [4.78, 5) is 18.3. The number of carbonyl (C=O) groups is 1. The number of hydrogen-bond donors (Lipinski definition) is 2. The predicted molar refractivity (Wildman–Crippen MR) is 133 cm³/mol. The number of carbonyl (C=O) groups excluding carboxylic acids is 1. The summed E-state index contributed by atoms with van der Waals surface area (Å²) in [6.07, 6.45) is 1.42. The van der Waals surface area contributed by atoms with Crippen molar-refractivity contribution >= 4 is 32.5 Å². The molecule has 0 unspecified atom stereocenters. The number of anilines is 1. The maximum Gasteiger partial charge on any atom is 0.254 e. The van der Waals surface area contributed by atoms with Gasteiger partial charge < -0.3 is 5.32 Å². The number of benzene rings is 3. The van der Waals surface area contributed by atoms with Gasteiger partial charge in [0.1, 0.15) is 11.6 Å². The molecule has 0 aliphatic heterocycles. The second-order valence-electron chi connectivity index (χ2n) is 8.10. The minimum Gasteiger partial charge on any atom is -0.345 e. The van der Waals surface area contributed by atoms with Crippen molar-refractivity contribution in [3.8, 4) is 11.3 Å². The number of hydrogen-bond acceptors (Lipinski definition) is 4. The first-order valence-electron chi connectivity index (χ1n) is 10.9. The van der Waals surface area contributed by atoms with Crippen molar-refractivity contribution in [1.29, 1.82) is 0 Å². The molecule has 0 fully saturated rings. The molecule has 9 heteroatoms. The van der Waals surface area contributed by atoms with Gasteiger partial charge in [-0.05, 0) is 42.3 Å². The molecule has 2 N–H and O–H groups in total. The van der Waals surface area contributed by atoms with Crippen LogP contribution in [0.25, 0.3) is 22.2 Å². The molecule has 1 atom stereocenters. The molecule has 4 rings (SSSR count). The second kappa shape index (κ2) is 9.79. The molecule has 0 radical (unpaired) electrons. The van der Waals surface area contributed by atoms with E-state index < -0.39 is 33.6 Å². The van der Waals surface area contributed by atoms with Gasteiger partial charge in [-0.15, -0.1) is 0 Å². The molecule has 0 saturated carbocycles. The standard InChI is InChI=1S/C26H23F2N3O3S/c1-3-21(16-8-6-10-18(27)14-16)30-26(32)23-20-12-4-5-13-22(20)29-24(25(23)31-35(2,33)34)17-9-7-11-19(28)15-17/h4-15,21,31H,3H2,1-2H3,(H,30,32)/t21-/m0/s1. The zero-order valence-corrected chi connectivity index (χ0v) is 19.9. The Morgan fingerprint density at radius 1 is 0.971 bits per heavy atom. The van der Waals surface area contributed by atoms with Gasteiger partial charge in [-0.3, -0.25) is 9.52 Å². The number of fused-ring (bicyclic) bond motifs is 1. The summed E-state index contributed by atoms with van der Waals surface area (Å²) < 4.78 is 54.9. The number of amides is 1. The number of nitrogens with one attached hydrogen (secondary N) is 2. The molecule has 1 amide bonds. The van der Waals surface area contributed by atoms with E-state index in [1.165, 1.54) is 30.3 Å². The Morgan fingerprint density at radius 3 is 2.31 bits per heavy atom. The lowest BCUT2D eigenvalue weighted by Crippen LogP contribution is -2.30. The molecule has 1 heterocycles. The van der Waals surface area contributed by atoms with E-state index in [0.29, 0.717) is 28.5 Å². The molecule has 35 heavy (non-hydrogen) atoms. The molecule has 4 aromatic rings. The molecular weight excluding hydrogens is 472 g/mol. The molecule has 0 aliphatic rings. The lowest BCUT2D eigenvalue weighted by atomic mass is 9.99. The Labute approximate surface area is 202 Å². The topological polar surface area (TPSA) is 88.2 Å². The maximum absolute atomic E-state index is 14.1. The highest BCUT2D eigenvalue weighted by atomic mass is 32.2. The Kier molecular flexibility index (Phi) is 6.79. The lowest BCUT2D eigenvalue weighted by molar-refractivity contribution is 0.0938. The van der Waals surface area contributed by atoms with Crippen molar-refractivity contribution in [3.05, 3.63) is 95.6 Å². The van der Waals surface area contributed by atoms with Crippen LogP contribution in [0.15, 0.2) is 72.8 Å². The minimum atomic E-state index is -3.85. The summed E-state index contributed by atoms with van der Waals surface area (Å²) in [5.41, 5.74) is 1.38. The third-order valence-electron chi connectivity index (χ3n) is 5.47. The van der Waals surface area contributed by atoms with E-state index in [1.807, 2.05) is 6.92 Å². The lowest BCUT2D eigenvalue weighted by Gasteiger charge is -2.21. The van der Waals surface area contributed by atoms with Crippen LogP contribution in [0.2, 0.25) is 0 Å². The van der Waals surface area contributed by atoms with E-state index in [9.17, 15) is 22.0 Å². The summed E-state index contributed by atoms with van der Waals surface area (Å²) in [7, 11) is -3.85. The molecule has 0 saturated heterocycles. The third-order valence-corrected chi connectivity index (χ3v) is 6.04. The molecule has 0 aliphatic carbocycles. The van der Waals surface area contributed by atoms with Crippen LogP contribution in [-0.2, 0) is 10.0 Å². The first-order chi connectivity index (χ1) is 16.7. The Morgan fingerprint density at radius 2 is 1.66 bits per heavy atom. The number of nitrogens with zero attached hydrogens (tertiary/aromatic N) is 1. The molecule has 180 valence electrons. The summed E-state index contributed by atoms with van der Waals surface area (Å²) in [5, 5.41) is 3.30. The first kappa shape index (κ1) is 24.3. The van der Waals surface area contributed by atoms with Crippen molar-refractivity contribution in [3.63, 3.8) is 0 Å². The highest BCUT2D eigenvalue weighted by Gasteiger charge is 2.25. The molecule has 6 nitrogen and oxygen atoms in total. The summed E-state index contributed by atoms with van der Waals surface area (Å²) >= 11 is 0. The van der Waals surface area contributed by atoms with E-state index in [-0.39, 0.29) is 16.9 Å². The van der Waals surface area contributed by atoms with Crippen LogP contribution >= 0.6 is 0 Å². The Balaban J connectivity index is 1.94. The highest BCUT2D eigenvalue weighted by molar-refractivity contribution is 7.92. The fourth-order valence-electron chi connectivity index (χ4n) is 3.95. The number of pyridine rings is 1. The van der Waals surface area contributed by atoms with E-state index in [0.717, 1.165) is 6.26 Å². The van der Waals surface area contributed by atoms with Crippen molar-refractivity contribution in [2.75, 3.05) is 11.0 Å². The zero-order valence-electron chi connectivity index (χ0n) is 19.0. The van der Waals surface area contributed by atoms with Crippen molar-refractivity contribution in [1.82, 2.24) is 10.3 Å². The molecular formula is C26H23F2N3O3S. The maximum atomic E-state index is 14.1. The van der Waals surface area contributed by atoms with Gasteiger partial charge in [0.05, 0.1) is 34.8 Å². The molecule has 0 spiro atoms. The monoisotopic (exact) mass is 495 g/mol. The summed E-state index contributed by atoms with van der Waals surface area (Å²) in [6, 6.07) is 17.7. The number of sulfonamides is 1. The van der Waals surface area contributed by atoms with Gasteiger partial charge in [-0.2, -0.15) is 0 Å². The zero-order chi connectivity index (χ0) is 25.2. The van der Waals surface area contributed by atoms with Crippen LogP contribution in [0.4, 0.5) is 14.5 Å². The van der Waals surface area contributed by atoms with Gasteiger partial charge in [0, 0.05) is 10.9 Å². The highest BCUT2D eigenvalue weighted by Crippen LogP contribution is 2.36. The fourth-order valence-corrected chi connectivity index (χ4v) is 4.52. The average Bonchev–Trinajstić information content (AvgIpc) is 2.81. The van der Waals surface area contributed by atoms with Gasteiger partial charge in [-0.25, -0.2) is 22.2 Å². The summed E-state index contributed by atoms with van der Waals surface area (Å²) in [5.74, 6) is -1.55. The molecule has 1 aromatic heterocycles. The number of aromatic nitrogens is 1. The van der Waals surface area contributed by atoms with E-state index >= 15 is 0 Å². The van der Waals surface area contributed by atoms with Gasteiger partial charge in [0.25, 0.3) is 5.91 Å². The van der Waals surface area contributed by atoms with Crippen LogP contribution in [0, 0.1) is 11.6 Å². The van der Waals surface area contributed by atoms with Crippen LogP contribution in [0.1, 0.15) is 35.3 Å². The quantitative estimate of drug-likeness (QED) is 0.358. The predicted octanol–water partition coefficient (Wildman–Crippen LogP) is 5.43. The van der Waals surface area contributed by atoms with E-state index in [1.54, 1.807) is 42.5 Å². The largest absolute Gasteiger partial charge is 0.345 e.